The number of nitrogens with two attached hydrogens (primary N) is 1. The second-order valence-electron chi connectivity index (χ2n) is 3.49. The quantitative estimate of drug-likeness (QED) is 0.471. The summed E-state index contributed by atoms with van der Waals surface area (Å²) in [7, 11) is 0. The molecule has 0 aliphatic rings. The number of hydrogen-bond donors (Lipinski definition) is 1. The highest BCUT2D eigenvalue weighted by molar-refractivity contribution is 14.1. The highest BCUT2D eigenvalue weighted by Crippen LogP contribution is 2.12. The average Bonchev–Trinajstić information content (AvgIpc) is 2.40. The molecule has 0 saturated heterocycles. The van der Waals surface area contributed by atoms with Gasteiger partial charge in [0.1, 0.15) is 6.04 Å². The molecule has 0 spiro atoms. The van der Waals surface area contributed by atoms with Crippen LogP contribution in [0.5, 0.6) is 0 Å². The van der Waals surface area contributed by atoms with Gasteiger partial charge in [0.25, 0.3) is 0 Å². The van der Waals surface area contributed by atoms with Crippen LogP contribution in [0.15, 0.2) is 30.3 Å². The third kappa shape index (κ3) is 6.28. The molecular weight excluding hydrogens is 361 g/mol. The Morgan fingerprint density at radius 3 is 2.83 bits per heavy atom. The second kappa shape index (κ2) is 9.25. The summed E-state index contributed by atoms with van der Waals surface area (Å²) in [5.74, 6) is 3.64. The van der Waals surface area contributed by atoms with E-state index in [-0.39, 0.29) is 6.61 Å². The normalized spacial score (nSPS) is 11.2. The van der Waals surface area contributed by atoms with Crippen LogP contribution in [0.3, 0.4) is 0 Å². The standard InChI is InChI=1S/C13H14INO2S/c14-7-4-8-17-13(16)12(15)10-18-9-11-5-2-1-3-6-11/h1-3,5-6,12H,8-10,15H2/t12-/m0/s1. The van der Waals surface area contributed by atoms with Crippen molar-refractivity contribution in [1.82, 2.24) is 0 Å². The molecule has 0 fully saturated rings. The second-order valence-corrected chi connectivity index (χ2v) is 5.06. The predicted octanol–water partition coefficient (Wildman–Crippen LogP) is 2.19. The molecule has 3 nitrogen and oxygen atoms in total. The lowest BCUT2D eigenvalue weighted by Gasteiger charge is -2.09. The Morgan fingerprint density at radius 2 is 2.17 bits per heavy atom. The van der Waals surface area contributed by atoms with Crippen molar-refractivity contribution >= 4 is 40.3 Å². The van der Waals surface area contributed by atoms with Crippen LogP contribution in [0.1, 0.15) is 5.56 Å². The summed E-state index contributed by atoms with van der Waals surface area (Å²) in [6.45, 7) is 0.110. The zero-order valence-corrected chi connectivity index (χ0v) is 12.7. The Morgan fingerprint density at radius 1 is 1.44 bits per heavy atom. The van der Waals surface area contributed by atoms with E-state index in [4.69, 9.17) is 10.5 Å². The van der Waals surface area contributed by atoms with Gasteiger partial charge in [-0.25, -0.2) is 0 Å². The molecule has 0 aliphatic heterocycles. The van der Waals surface area contributed by atoms with E-state index in [1.165, 1.54) is 5.56 Å². The van der Waals surface area contributed by atoms with E-state index in [2.05, 4.69) is 9.85 Å². The first-order valence-electron chi connectivity index (χ1n) is 5.36. The average molecular weight is 375 g/mol. The number of ether oxygens (including phenoxy) is 1. The first-order valence-corrected chi connectivity index (χ1v) is 7.59. The fourth-order valence-electron chi connectivity index (χ4n) is 1.19. The highest BCUT2D eigenvalue weighted by atomic mass is 127. The number of halogens is 1. The highest BCUT2D eigenvalue weighted by Gasteiger charge is 2.14. The van der Waals surface area contributed by atoms with Crippen LogP contribution in [-0.2, 0) is 15.3 Å². The predicted molar refractivity (Wildman–Crippen MR) is 83.3 cm³/mol. The van der Waals surface area contributed by atoms with Gasteiger partial charge in [-0.15, -0.1) is 0 Å². The van der Waals surface area contributed by atoms with Crippen LogP contribution < -0.4 is 5.73 Å². The maximum absolute atomic E-state index is 11.4. The molecule has 0 amide bonds. The minimum absolute atomic E-state index is 0.110. The summed E-state index contributed by atoms with van der Waals surface area (Å²) in [5, 5.41) is 0. The van der Waals surface area contributed by atoms with Crippen molar-refractivity contribution in [3.05, 3.63) is 35.9 Å². The Labute approximate surface area is 125 Å². The van der Waals surface area contributed by atoms with Gasteiger partial charge in [0.15, 0.2) is 6.61 Å². The molecule has 0 unspecified atom stereocenters. The Balaban J connectivity index is 2.21. The summed E-state index contributed by atoms with van der Waals surface area (Å²) in [6.07, 6.45) is 0. The molecule has 1 aromatic carbocycles. The van der Waals surface area contributed by atoms with E-state index in [1.807, 2.05) is 52.9 Å². The van der Waals surface area contributed by atoms with Crippen molar-refractivity contribution in [3.63, 3.8) is 0 Å². The van der Waals surface area contributed by atoms with Crippen molar-refractivity contribution in [1.29, 1.82) is 0 Å². The summed E-state index contributed by atoms with van der Waals surface area (Å²) < 4.78 is 7.51. The Bertz CT molecular complexity index is 428. The maximum Gasteiger partial charge on any atom is 0.324 e. The number of thioether (sulfide) groups is 1. The first-order chi connectivity index (χ1) is 8.74. The van der Waals surface area contributed by atoms with Crippen LogP contribution in [0.2, 0.25) is 0 Å². The third-order valence-corrected chi connectivity index (χ3v) is 3.58. The molecule has 0 saturated carbocycles. The molecule has 0 aliphatic carbocycles. The van der Waals surface area contributed by atoms with Crippen molar-refractivity contribution in [2.75, 3.05) is 12.4 Å². The molecule has 1 atom stereocenters. The molecular formula is C13H14INO2S. The van der Waals surface area contributed by atoms with Crippen LogP contribution in [0.25, 0.3) is 0 Å². The summed E-state index contributed by atoms with van der Waals surface area (Å²) in [5.41, 5.74) is 6.94. The Kier molecular flexibility index (Phi) is 7.89. The molecule has 0 heterocycles. The van der Waals surface area contributed by atoms with Crippen LogP contribution in [0, 0.1) is 9.85 Å². The van der Waals surface area contributed by atoms with E-state index in [9.17, 15) is 4.79 Å². The van der Waals surface area contributed by atoms with E-state index in [0.717, 1.165) is 5.75 Å². The zero-order chi connectivity index (χ0) is 13.2. The molecule has 0 aromatic heterocycles. The lowest BCUT2D eigenvalue weighted by molar-refractivity contribution is -0.143. The van der Waals surface area contributed by atoms with Crippen molar-refractivity contribution < 1.29 is 9.53 Å². The number of rotatable bonds is 6. The third-order valence-electron chi connectivity index (χ3n) is 2.07. The molecule has 2 N–H and O–H groups in total. The van der Waals surface area contributed by atoms with E-state index in [1.54, 1.807) is 11.8 Å². The largest absolute Gasteiger partial charge is 0.451 e. The van der Waals surface area contributed by atoms with Gasteiger partial charge in [0.05, 0.1) is 0 Å². The fourth-order valence-corrected chi connectivity index (χ4v) is 2.28. The van der Waals surface area contributed by atoms with Gasteiger partial charge in [-0.1, -0.05) is 36.3 Å². The topological polar surface area (TPSA) is 52.3 Å². The van der Waals surface area contributed by atoms with Gasteiger partial charge in [-0.3, -0.25) is 4.79 Å². The lowest BCUT2D eigenvalue weighted by atomic mass is 10.2. The molecule has 1 aromatic rings. The van der Waals surface area contributed by atoms with E-state index in [0.29, 0.717) is 5.75 Å². The smallest absolute Gasteiger partial charge is 0.324 e. The molecule has 0 radical (unpaired) electrons. The number of esters is 1. The Hall–Kier alpha value is -0.710. The van der Waals surface area contributed by atoms with Crippen molar-refractivity contribution in [3.8, 4) is 9.85 Å². The van der Waals surface area contributed by atoms with Crippen molar-refractivity contribution in [2.24, 2.45) is 5.73 Å². The maximum atomic E-state index is 11.4. The zero-order valence-electron chi connectivity index (χ0n) is 9.77. The molecule has 5 heteroatoms. The van der Waals surface area contributed by atoms with Gasteiger partial charge in [0.2, 0.25) is 0 Å². The van der Waals surface area contributed by atoms with Gasteiger partial charge in [0, 0.05) is 34.1 Å². The molecule has 96 valence electrons. The van der Waals surface area contributed by atoms with Crippen molar-refractivity contribution in [2.45, 2.75) is 11.8 Å². The van der Waals surface area contributed by atoms with E-state index >= 15 is 0 Å². The van der Waals surface area contributed by atoms with E-state index < -0.39 is 12.0 Å². The minimum Gasteiger partial charge on any atom is -0.451 e. The first kappa shape index (κ1) is 15.3. The SMILES string of the molecule is N[C@@H](CSCc1ccccc1)C(=O)OCC#CI. The monoisotopic (exact) mass is 375 g/mol. The number of carbonyl (C=O) groups excluding carboxylic acids is 1. The van der Waals surface area contributed by atoms with Crippen LogP contribution in [0.4, 0.5) is 0 Å². The lowest BCUT2D eigenvalue weighted by Crippen LogP contribution is -2.34. The van der Waals surface area contributed by atoms with Gasteiger partial charge in [-0.2, -0.15) is 11.8 Å². The van der Waals surface area contributed by atoms with Gasteiger partial charge >= 0.3 is 5.97 Å². The number of hydrogen-bond acceptors (Lipinski definition) is 4. The number of benzene rings is 1. The van der Waals surface area contributed by atoms with Gasteiger partial charge < -0.3 is 10.5 Å². The fraction of sp³-hybridized carbons (Fsp3) is 0.308. The molecule has 1 rings (SSSR count). The minimum atomic E-state index is -0.588. The number of carbonyl (C=O) groups is 1. The molecule has 18 heavy (non-hydrogen) atoms. The summed E-state index contributed by atoms with van der Waals surface area (Å²) in [4.78, 5) is 11.4. The molecule has 0 bridgehead atoms. The van der Waals surface area contributed by atoms with Crippen LogP contribution in [-0.4, -0.2) is 24.4 Å². The summed E-state index contributed by atoms with van der Waals surface area (Å²) in [6, 6.07) is 9.47. The van der Waals surface area contributed by atoms with Crippen LogP contribution >= 0.6 is 34.4 Å². The summed E-state index contributed by atoms with van der Waals surface area (Å²) >= 11 is 3.51. The van der Waals surface area contributed by atoms with Gasteiger partial charge in [-0.05, 0) is 9.49 Å².